The number of carbonyl (C=O) groups is 2. The minimum Gasteiger partial charge on any atom is -0.492 e. The number of alkyl halides is 3. The molecule has 0 saturated carbocycles. The average molecular weight is 564 g/mol. The van der Waals surface area contributed by atoms with Crippen LogP contribution in [0.2, 0.25) is 0 Å². The minimum atomic E-state index is -4.62. The maximum atomic E-state index is 13.8. The third-order valence-corrected chi connectivity index (χ3v) is 7.06. The van der Waals surface area contributed by atoms with Crippen molar-refractivity contribution in [1.29, 1.82) is 0 Å². The lowest BCUT2D eigenvalue weighted by Crippen LogP contribution is -2.38. The molecule has 1 amide bonds. The summed E-state index contributed by atoms with van der Waals surface area (Å²) in [6.45, 7) is 11.3. The van der Waals surface area contributed by atoms with Gasteiger partial charge in [0, 0.05) is 50.4 Å². The second-order valence-corrected chi connectivity index (χ2v) is 11.0. The smallest absolute Gasteiger partial charge is 0.431 e. The van der Waals surface area contributed by atoms with E-state index in [0.717, 1.165) is 30.3 Å². The van der Waals surface area contributed by atoms with Crippen LogP contribution in [0.1, 0.15) is 55.0 Å². The van der Waals surface area contributed by atoms with Gasteiger partial charge in [0.2, 0.25) is 0 Å². The maximum Gasteiger partial charge on any atom is 0.431 e. The molecule has 3 heterocycles. The van der Waals surface area contributed by atoms with Crippen LogP contribution in [0.4, 0.5) is 13.2 Å². The van der Waals surface area contributed by atoms with Gasteiger partial charge in [-0.15, -0.1) is 0 Å². The van der Waals surface area contributed by atoms with E-state index in [9.17, 15) is 22.8 Å². The van der Waals surface area contributed by atoms with E-state index in [1.54, 1.807) is 52.0 Å². The molecule has 40 heavy (non-hydrogen) atoms. The second kappa shape index (κ2) is 11.7. The summed E-state index contributed by atoms with van der Waals surface area (Å²) in [5.41, 5.74) is -1.14. The normalized spacial score (nSPS) is 17.7. The van der Waals surface area contributed by atoms with Gasteiger partial charge in [-0.1, -0.05) is 13.8 Å². The Labute approximate surface area is 232 Å². The quantitative estimate of drug-likeness (QED) is 0.463. The van der Waals surface area contributed by atoms with Crippen molar-refractivity contribution in [3.63, 3.8) is 0 Å². The van der Waals surface area contributed by atoms with E-state index in [0.29, 0.717) is 36.7 Å². The number of amides is 1. The monoisotopic (exact) mass is 563 g/mol. The van der Waals surface area contributed by atoms with Crippen LogP contribution in [-0.4, -0.2) is 78.3 Å². The molecule has 1 aromatic carbocycles. The number of rotatable bonds is 7. The highest BCUT2D eigenvalue weighted by Crippen LogP contribution is 2.42. The van der Waals surface area contributed by atoms with Crippen LogP contribution in [-0.2, 0) is 32.9 Å². The van der Waals surface area contributed by atoms with Crippen LogP contribution < -0.4 is 4.74 Å². The summed E-state index contributed by atoms with van der Waals surface area (Å²) in [5, 5.41) is 0. The van der Waals surface area contributed by atoms with Crippen molar-refractivity contribution in [3.8, 4) is 5.75 Å². The van der Waals surface area contributed by atoms with Gasteiger partial charge >= 0.3 is 12.1 Å². The van der Waals surface area contributed by atoms with Gasteiger partial charge in [0.15, 0.2) is 0 Å². The molecule has 2 aliphatic heterocycles. The topological polar surface area (TPSA) is 73.2 Å². The summed E-state index contributed by atoms with van der Waals surface area (Å²) in [5.74, 6) is -0.581. The Bertz CT molecular complexity index is 1260. The zero-order valence-electron chi connectivity index (χ0n) is 23.5. The highest BCUT2D eigenvalue weighted by atomic mass is 19.4. The minimum absolute atomic E-state index is 0.0520. The van der Waals surface area contributed by atoms with Gasteiger partial charge in [-0.05, 0) is 49.7 Å². The predicted octanol–water partition coefficient (Wildman–Crippen LogP) is 4.48. The third-order valence-electron chi connectivity index (χ3n) is 7.06. The SMILES string of the molecule is CC(C)OC(=O)C1=CN(C(=O)c2ccc(OCCN3CCOCC3)cc2)CC(C)(C)c2cc(C(F)(F)F)n(C)c21. The van der Waals surface area contributed by atoms with E-state index in [1.807, 2.05) is 0 Å². The summed E-state index contributed by atoms with van der Waals surface area (Å²) >= 11 is 0. The Morgan fingerprint density at radius 2 is 1.75 bits per heavy atom. The van der Waals surface area contributed by atoms with Crippen LogP contribution in [0.25, 0.3) is 5.57 Å². The van der Waals surface area contributed by atoms with E-state index in [4.69, 9.17) is 14.2 Å². The van der Waals surface area contributed by atoms with Crippen molar-refractivity contribution in [2.45, 2.75) is 45.4 Å². The zero-order chi connectivity index (χ0) is 29.2. The van der Waals surface area contributed by atoms with Crippen molar-refractivity contribution >= 4 is 17.4 Å². The van der Waals surface area contributed by atoms with Crippen LogP contribution in [0.3, 0.4) is 0 Å². The molecule has 0 atom stereocenters. The Kier molecular flexibility index (Phi) is 8.65. The summed E-state index contributed by atoms with van der Waals surface area (Å²) in [4.78, 5) is 30.4. The van der Waals surface area contributed by atoms with Crippen molar-refractivity contribution in [1.82, 2.24) is 14.4 Å². The van der Waals surface area contributed by atoms with Crippen molar-refractivity contribution in [2.24, 2.45) is 7.05 Å². The van der Waals surface area contributed by atoms with E-state index >= 15 is 0 Å². The van der Waals surface area contributed by atoms with E-state index in [2.05, 4.69) is 4.90 Å². The number of hydrogen-bond acceptors (Lipinski definition) is 6. The number of halogens is 3. The molecule has 0 aliphatic carbocycles. The lowest BCUT2D eigenvalue weighted by molar-refractivity contribution is -0.143. The van der Waals surface area contributed by atoms with Gasteiger partial charge in [0.05, 0.1) is 30.6 Å². The van der Waals surface area contributed by atoms with Gasteiger partial charge in [0.1, 0.15) is 18.1 Å². The molecule has 8 nitrogen and oxygen atoms in total. The van der Waals surface area contributed by atoms with Gasteiger partial charge in [0.25, 0.3) is 5.91 Å². The molecule has 4 rings (SSSR count). The lowest BCUT2D eigenvalue weighted by atomic mass is 9.83. The molecular weight excluding hydrogens is 527 g/mol. The van der Waals surface area contributed by atoms with Crippen molar-refractivity contribution in [3.05, 3.63) is 59.0 Å². The Balaban J connectivity index is 1.60. The highest BCUT2D eigenvalue weighted by molar-refractivity contribution is 6.17. The lowest BCUT2D eigenvalue weighted by Gasteiger charge is -2.29. The molecule has 1 fully saturated rings. The first kappa shape index (κ1) is 29.7. The zero-order valence-corrected chi connectivity index (χ0v) is 23.5. The van der Waals surface area contributed by atoms with Crippen LogP contribution in [0, 0.1) is 0 Å². The number of fused-ring (bicyclic) bond motifs is 1. The highest BCUT2D eigenvalue weighted by Gasteiger charge is 2.42. The molecule has 11 heteroatoms. The molecule has 0 radical (unpaired) electrons. The number of ether oxygens (including phenoxy) is 3. The van der Waals surface area contributed by atoms with E-state index in [-0.39, 0.29) is 17.8 Å². The summed E-state index contributed by atoms with van der Waals surface area (Å²) in [6.07, 6.45) is -3.81. The Morgan fingerprint density at radius 3 is 2.35 bits per heavy atom. The average Bonchev–Trinajstić information content (AvgIpc) is 3.19. The second-order valence-electron chi connectivity index (χ2n) is 11.0. The number of morpholine rings is 1. The summed E-state index contributed by atoms with van der Waals surface area (Å²) in [7, 11) is 1.27. The molecule has 0 N–H and O–H groups in total. The molecule has 0 unspecified atom stereocenters. The first-order valence-electron chi connectivity index (χ1n) is 13.3. The van der Waals surface area contributed by atoms with Crippen molar-refractivity contribution < 1.29 is 37.0 Å². The summed E-state index contributed by atoms with van der Waals surface area (Å²) in [6, 6.07) is 7.75. The fourth-order valence-corrected chi connectivity index (χ4v) is 5.02. The molecule has 2 aromatic rings. The molecule has 0 bridgehead atoms. The van der Waals surface area contributed by atoms with E-state index < -0.39 is 35.3 Å². The number of esters is 1. The number of hydrogen-bond donors (Lipinski definition) is 0. The Hall–Kier alpha value is -3.31. The van der Waals surface area contributed by atoms with E-state index in [1.165, 1.54) is 18.1 Å². The molecule has 0 spiro atoms. The van der Waals surface area contributed by atoms with Crippen LogP contribution in [0.5, 0.6) is 5.75 Å². The number of aromatic nitrogens is 1. The van der Waals surface area contributed by atoms with Crippen molar-refractivity contribution in [2.75, 3.05) is 46.0 Å². The first-order valence-corrected chi connectivity index (χ1v) is 13.3. The van der Waals surface area contributed by atoms with Crippen LogP contribution in [0.15, 0.2) is 36.5 Å². The standard InChI is InChI=1S/C29H36F3N3O5/c1-19(2)40-27(37)22-17-35(18-28(3,4)23-16-24(29(30,31)32)33(5)25(22)23)26(36)20-6-8-21(9-7-20)39-15-12-34-10-13-38-14-11-34/h6-9,16-17,19H,10-15,18H2,1-5H3. The van der Waals surface area contributed by atoms with Gasteiger partial charge in [-0.25, -0.2) is 4.79 Å². The third kappa shape index (κ3) is 6.52. The summed E-state index contributed by atoms with van der Waals surface area (Å²) < 4.78 is 59.0. The fourth-order valence-electron chi connectivity index (χ4n) is 5.02. The van der Waals surface area contributed by atoms with Crippen LogP contribution >= 0.6 is 0 Å². The maximum absolute atomic E-state index is 13.8. The number of nitrogens with zero attached hydrogens (tertiary/aromatic N) is 3. The molecule has 1 saturated heterocycles. The predicted molar refractivity (Wildman–Crippen MR) is 143 cm³/mol. The number of carbonyl (C=O) groups excluding carboxylic acids is 2. The van der Waals surface area contributed by atoms with Gasteiger partial charge in [-0.3, -0.25) is 9.69 Å². The molecular formula is C29H36F3N3O5. The van der Waals surface area contributed by atoms with Gasteiger partial charge in [-0.2, -0.15) is 13.2 Å². The largest absolute Gasteiger partial charge is 0.492 e. The first-order chi connectivity index (χ1) is 18.8. The fraction of sp³-hybridized carbons (Fsp3) is 0.517. The molecule has 2 aliphatic rings. The number of benzene rings is 1. The molecule has 1 aromatic heterocycles. The van der Waals surface area contributed by atoms with Gasteiger partial charge < -0.3 is 23.7 Å². The molecule has 218 valence electrons. The Morgan fingerprint density at radius 1 is 1.10 bits per heavy atom.